The van der Waals surface area contributed by atoms with Crippen LogP contribution in [-0.2, 0) is 6.54 Å². The summed E-state index contributed by atoms with van der Waals surface area (Å²) in [6.45, 7) is 0.193. The molecule has 0 spiro atoms. The van der Waals surface area contributed by atoms with Crippen molar-refractivity contribution in [1.29, 1.82) is 0 Å². The average molecular weight is 362 g/mol. The fourth-order valence-electron chi connectivity index (χ4n) is 3.73. The Hall–Kier alpha value is -3.54. The Morgan fingerprint density at radius 1 is 0.889 bits per heavy atom. The molecular weight excluding hydrogens is 350 g/mol. The SMILES string of the molecule is O=C1c2c(n(Cc3ccc(F)cc3)c3c(F)cccc3c2=O)-c2cccn21. The number of halogens is 2. The highest BCUT2D eigenvalue weighted by atomic mass is 19.1. The van der Waals surface area contributed by atoms with E-state index in [0.29, 0.717) is 11.4 Å². The number of nitrogens with zero attached hydrogens (tertiary/aromatic N) is 2. The molecule has 0 saturated heterocycles. The predicted octanol–water partition coefficient (Wildman–Crippen LogP) is 3.80. The van der Waals surface area contributed by atoms with Gasteiger partial charge in [0.15, 0.2) is 0 Å². The third-order valence-corrected chi connectivity index (χ3v) is 4.91. The average Bonchev–Trinajstić information content (AvgIpc) is 3.23. The number of aromatic nitrogens is 2. The van der Waals surface area contributed by atoms with E-state index >= 15 is 0 Å². The van der Waals surface area contributed by atoms with Crippen LogP contribution in [-0.4, -0.2) is 15.0 Å². The van der Waals surface area contributed by atoms with Crippen molar-refractivity contribution in [3.63, 3.8) is 0 Å². The quantitative estimate of drug-likeness (QED) is 0.479. The molecule has 2 aromatic heterocycles. The molecule has 0 unspecified atom stereocenters. The van der Waals surface area contributed by atoms with Crippen molar-refractivity contribution in [3.8, 4) is 11.4 Å². The van der Waals surface area contributed by atoms with Gasteiger partial charge in [-0.2, -0.15) is 0 Å². The molecule has 2 aromatic carbocycles. The molecule has 0 bridgehead atoms. The Kier molecular flexibility index (Phi) is 3.18. The standard InChI is InChI=1S/C21H12F2N2O2/c22-13-8-6-12(7-9-13)11-25-18-14(3-1-4-15(18)23)20(26)17-19(25)16-5-2-10-24(16)21(17)27/h1-10H,11H2. The van der Waals surface area contributed by atoms with Crippen LogP contribution >= 0.6 is 0 Å². The van der Waals surface area contributed by atoms with E-state index in [4.69, 9.17) is 0 Å². The first kappa shape index (κ1) is 15.7. The van der Waals surface area contributed by atoms with Crippen LogP contribution in [0.2, 0.25) is 0 Å². The molecule has 0 N–H and O–H groups in total. The van der Waals surface area contributed by atoms with Gasteiger partial charge in [0.05, 0.1) is 16.9 Å². The molecular formula is C21H12F2N2O2. The zero-order valence-corrected chi connectivity index (χ0v) is 13.9. The lowest BCUT2D eigenvalue weighted by atomic mass is 10.1. The lowest BCUT2D eigenvalue weighted by Crippen LogP contribution is -2.21. The second kappa shape index (κ2) is 5.48. The van der Waals surface area contributed by atoms with E-state index < -0.39 is 17.2 Å². The van der Waals surface area contributed by atoms with E-state index in [1.807, 2.05) is 0 Å². The highest BCUT2D eigenvalue weighted by Gasteiger charge is 2.33. The molecule has 0 saturated carbocycles. The van der Waals surface area contributed by atoms with Crippen molar-refractivity contribution in [2.45, 2.75) is 6.54 Å². The Morgan fingerprint density at radius 2 is 1.67 bits per heavy atom. The van der Waals surface area contributed by atoms with Gasteiger partial charge in [-0.1, -0.05) is 18.2 Å². The van der Waals surface area contributed by atoms with Crippen molar-refractivity contribution in [2.24, 2.45) is 0 Å². The number of hydrogen-bond donors (Lipinski definition) is 0. The first-order chi connectivity index (χ1) is 13.1. The Bertz CT molecular complexity index is 1300. The van der Waals surface area contributed by atoms with E-state index in [9.17, 15) is 18.4 Å². The molecule has 0 atom stereocenters. The molecule has 4 aromatic rings. The summed E-state index contributed by atoms with van der Waals surface area (Å²) in [7, 11) is 0. The molecule has 6 heteroatoms. The number of hydrogen-bond acceptors (Lipinski definition) is 2. The van der Waals surface area contributed by atoms with Crippen LogP contribution in [0.3, 0.4) is 0 Å². The molecule has 1 aliphatic rings. The van der Waals surface area contributed by atoms with Crippen LogP contribution < -0.4 is 5.43 Å². The fraction of sp³-hybridized carbons (Fsp3) is 0.0476. The van der Waals surface area contributed by atoms with Gasteiger partial charge >= 0.3 is 0 Å². The third kappa shape index (κ3) is 2.13. The van der Waals surface area contributed by atoms with Gasteiger partial charge in [0.2, 0.25) is 5.43 Å². The van der Waals surface area contributed by atoms with Crippen molar-refractivity contribution >= 4 is 16.8 Å². The number of rotatable bonds is 2. The maximum Gasteiger partial charge on any atom is 0.268 e. The monoisotopic (exact) mass is 362 g/mol. The van der Waals surface area contributed by atoms with E-state index in [-0.39, 0.29) is 28.8 Å². The summed E-state index contributed by atoms with van der Waals surface area (Å²) in [4.78, 5) is 25.7. The van der Waals surface area contributed by atoms with Crippen molar-refractivity contribution < 1.29 is 13.6 Å². The Labute approximate surface area is 151 Å². The van der Waals surface area contributed by atoms with Crippen molar-refractivity contribution in [1.82, 2.24) is 9.13 Å². The van der Waals surface area contributed by atoms with Gasteiger partial charge in [0, 0.05) is 18.1 Å². The molecule has 132 valence electrons. The van der Waals surface area contributed by atoms with E-state index in [2.05, 4.69) is 0 Å². The van der Waals surface area contributed by atoms with Crippen LogP contribution in [0.1, 0.15) is 15.9 Å². The molecule has 27 heavy (non-hydrogen) atoms. The predicted molar refractivity (Wildman–Crippen MR) is 96.8 cm³/mol. The second-order valence-electron chi connectivity index (χ2n) is 6.47. The maximum atomic E-state index is 14.7. The molecule has 3 heterocycles. The summed E-state index contributed by atoms with van der Waals surface area (Å²) in [5.41, 5.74) is 1.34. The zero-order valence-electron chi connectivity index (χ0n) is 13.9. The third-order valence-electron chi connectivity index (χ3n) is 4.91. The first-order valence-corrected chi connectivity index (χ1v) is 8.38. The fourth-order valence-corrected chi connectivity index (χ4v) is 3.73. The number of fused-ring (bicyclic) bond motifs is 4. The van der Waals surface area contributed by atoms with Crippen LogP contribution in [0.15, 0.2) is 65.6 Å². The largest absolute Gasteiger partial charge is 0.332 e. The van der Waals surface area contributed by atoms with Crippen LogP contribution in [0.5, 0.6) is 0 Å². The lowest BCUT2D eigenvalue weighted by molar-refractivity contribution is 0.0968. The van der Waals surface area contributed by atoms with E-state index in [1.165, 1.54) is 34.9 Å². The highest BCUT2D eigenvalue weighted by Crippen LogP contribution is 2.34. The molecule has 4 nitrogen and oxygen atoms in total. The molecule has 0 amide bonds. The second-order valence-corrected chi connectivity index (χ2v) is 6.47. The Morgan fingerprint density at radius 3 is 2.44 bits per heavy atom. The van der Waals surface area contributed by atoms with Gasteiger partial charge < -0.3 is 4.57 Å². The van der Waals surface area contributed by atoms with Gasteiger partial charge in [-0.05, 0) is 42.0 Å². The van der Waals surface area contributed by atoms with E-state index in [0.717, 1.165) is 5.56 Å². The van der Waals surface area contributed by atoms with E-state index in [1.54, 1.807) is 35.0 Å². The minimum atomic E-state index is -0.549. The Balaban J connectivity index is 1.90. The highest BCUT2D eigenvalue weighted by molar-refractivity contribution is 6.10. The smallest absolute Gasteiger partial charge is 0.268 e. The van der Waals surface area contributed by atoms with Gasteiger partial charge in [-0.15, -0.1) is 0 Å². The van der Waals surface area contributed by atoms with Crippen LogP contribution in [0.25, 0.3) is 22.3 Å². The summed E-state index contributed by atoms with van der Waals surface area (Å²) < 4.78 is 31.0. The van der Waals surface area contributed by atoms with Gasteiger partial charge in [0.1, 0.15) is 17.2 Å². The minimum absolute atomic E-state index is 0.0332. The lowest BCUT2D eigenvalue weighted by Gasteiger charge is -2.17. The van der Waals surface area contributed by atoms with Crippen molar-refractivity contribution in [2.75, 3.05) is 0 Å². The van der Waals surface area contributed by atoms with Crippen LogP contribution in [0, 0.1) is 11.6 Å². The number of carbonyl (C=O) groups is 1. The molecule has 0 aliphatic carbocycles. The summed E-state index contributed by atoms with van der Waals surface area (Å²) in [5.74, 6) is -1.34. The van der Waals surface area contributed by atoms with Gasteiger partial charge in [-0.25, -0.2) is 8.78 Å². The molecule has 0 radical (unpaired) electrons. The summed E-state index contributed by atoms with van der Waals surface area (Å²) in [6, 6.07) is 13.5. The van der Waals surface area contributed by atoms with Gasteiger partial charge in [-0.3, -0.25) is 14.2 Å². The topological polar surface area (TPSA) is 44.0 Å². The maximum absolute atomic E-state index is 14.7. The number of pyridine rings is 1. The number of para-hydroxylation sites is 1. The zero-order chi connectivity index (χ0) is 18.7. The number of benzene rings is 2. The molecule has 0 fully saturated rings. The van der Waals surface area contributed by atoms with Crippen LogP contribution in [0.4, 0.5) is 8.78 Å². The van der Waals surface area contributed by atoms with Crippen molar-refractivity contribution in [3.05, 3.63) is 93.8 Å². The number of carbonyl (C=O) groups excluding carboxylic acids is 1. The minimum Gasteiger partial charge on any atom is -0.332 e. The molecule has 1 aliphatic heterocycles. The first-order valence-electron chi connectivity index (χ1n) is 8.38. The van der Waals surface area contributed by atoms with Gasteiger partial charge in [0.25, 0.3) is 5.91 Å². The summed E-state index contributed by atoms with van der Waals surface area (Å²) in [6.07, 6.45) is 1.58. The summed E-state index contributed by atoms with van der Waals surface area (Å²) in [5, 5.41) is 0.148. The molecule has 5 rings (SSSR count). The normalized spacial score (nSPS) is 12.4. The summed E-state index contributed by atoms with van der Waals surface area (Å²) >= 11 is 0.